The normalized spacial score (nSPS) is 18.9. The Balaban J connectivity index is 1.75. The van der Waals surface area contributed by atoms with E-state index in [9.17, 15) is 24.6 Å². The molecule has 2 fully saturated rings. The Morgan fingerprint density at radius 2 is 1.88 bits per heavy atom. The van der Waals surface area contributed by atoms with Crippen molar-refractivity contribution in [1.82, 2.24) is 9.47 Å². The molecule has 1 aliphatic heterocycles. The Morgan fingerprint density at radius 3 is 2.44 bits per heavy atom. The number of aromatic carboxylic acids is 1. The second-order valence-electron chi connectivity index (χ2n) is 9.69. The zero-order chi connectivity index (χ0) is 24.9. The van der Waals surface area contributed by atoms with Gasteiger partial charge in [-0.2, -0.15) is 0 Å². The van der Waals surface area contributed by atoms with Gasteiger partial charge in [-0.1, -0.05) is 0 Å². The van der Waals surface area contributed by atoms with Gasteiger partial charge in [-0.15, -0.1) is 0 Å². The number of fused-ring (bicyclic) bond motifs is 1. The van der Waals surface area contributed by atoms with Crippen LogP contribution in [0.15, 0.2) is 17.1 Å². The molecule has 0 unspecified atom stereocenters. The number of aromatic nitrogens is 1. The third-order valence-electron chi connectivity index (χ3n) is 5.99. The second kappa shape index (κ2) is 8.53. The monoisotopic (exact) mass is 479 g/mol. The molecule has 1 amide bonds. The number of ether oxygens (including phenoxy) is 1. The molecule has 9 nitrogen and oxygen atoms in total. The van der Waals surface area contributed by atoms with Crippen LogP contribution in [0.5, 0.6) is 0 Å². The number of carbonyl (C=O) groups excluding carboxylic acids is 1. The average Bonchev–Trinajstić information content (AvgIpc) is 3.58. The van der Waals surface area contributed by atoms with Gasteiger partial charge in [0, 0.05) is 31.9 Å². The first-order chi connectivity index (χ1) is 15.9. The summed E-state index contributed by atoms with van der Waals surface area (Å²) in [4.78, 5) is 39.4. The Kier molecular flexibility index (Phi) is 6.01. The van der Waals surface area contributed by atoms with Gasteiger partial charge in [0.1, 0.15) is 22.7 Å². The molecule has 2 aromatic rings. The summed E-state index contributed by atoms with van der Waals surface area (Å²) in [6, 6.07) is -0.0726. The number of hydrogen-bond acceptors (Lipinski definition) is 6. The van der Waals surface area contributed by atoms with Crippen molar-refractivity contribution < 1.29 is 33.3 Å². The topological polar surface area (TPSA) is 112 Å². The molecule has 1 atom stereocenters. The molecule has 0 spiro atoms. The molecule has 0 radical (unpaired) electrons. The van der Waals surface area contributed by atoms with E-state index in [1.165, 1.54) is 14.4 Å². The average molecular weight is 479 g/mol. The molecule has 1 aliphatic carbocycles. The first-order valence-electron chi connectivity index (χ1n) is 11.1. The highest BCUT2D eigenvalue weighted by Crippen LogP contribution is 2.40. The molecular weight excluding hydrogens is 452 g/mol. The smallest absolute Gasteiger partial charge is 0.410 e. The second-order valence-corrected chi connectivity index (χ2v) is 9.69. The molecule has 11 heteroatoms. The minimum absolute atomic E-state index is 0.0596. The van der Waals surface area contributed by atoms with E-state index >= 15 is 8.78 Å². The number of anilines is 1. The molecule has 2 aliphatic rings. The SMILES string of the molecule is CC(C)(C)OC(=O)N1CCN(c2c(F)cc3c(=O)c(C(=O)O)cn(C4CC4)c3c2F)C[C@@H]1CO. The van der Waals surface area contributed by atoms with Gasteiger partial charge in [0.25, 0.3) is 0 Å². The largest absolute Gasteiger partial charge is 0.477 e. The van der Waals surface area contributed by atoms with E-state index in [-0.39, 0.29) is 42.3 Å². The summed E-state index contributed by atoms with van der Waals surface area (Å²) in [7, 11) is 0. The van der Waals surface area contributed by atoms with E-state index in [0.717, 1.165) is 12.3 Å². The predicted molar refractivity (Wildman–Crippen MR) is 119 cm³/mol. The van der Waals surface area contributed by atoms with E-state index < -0.39 is 52.9 Å². The Bertz CT molecular complexity index is 1220. The number of piperazine rings is 1. The summed E-state index contributed by atoms with van der Waals surface area (Å²) >= 11 is 0. The molecule has 34 heavy (non-hydrogen) atoms. The number of carbonyl (C=O) groups is 2. The molecule has 1 aromatic carbocycles. The molecule has 184 valence electrons. The molecule has 1 saturated heterocycles. The lowest BCUT2D eigenvalue weighted by Gasteiger charge is -2.42. The summed E-state index contributed by atoms with van der Waals surface area (Å²) in [6.07, 6.45) is 1.86. The van der Waals surface area contributed by atoms with Crippen molar-refractivity contribution in [2.45, 2.75) is 51.3 Å². The quantitative estimate of drug-likeness (QED) is 0.694. The number of aliphatic hydroxyl groups is 1. The van der Waals surface area contributed by atoms with Gasteiger partial charge in [-0.3, -0.25) is 9.69 Å². The van der Waals surface area contributed by atoms with Crippen molar-refractivity contribution >= 4 is 28.7 Å². The Labute approximate surface area is 194 Å². The van der Waals surface area contributed by atoms with Crippen LogP contribution in [0.1, 0.15) is 50.0 Å². The predicted octanol–water partition coefficient (Wildman–Crippen LogP) is 2.73. The number of carboxylic acids is 1. The summed E-state index contributed by atoms with van der Waals surface area (Å²) in [5.74, 6) is -3.46. The zero-order valence-corrected chi connectivity index (χ0v) is 19.2. The zero-order valence-electron chi connectivity index (χ0n) is 19.2. The summed E-state index contributed by atoms with van der Waals surface area (Å²) in [5.41, 5.74) is -2.77. The van der Waals surface area contributed by atoms with Gasteiger partial charge >= 0.3 is 12.1 Å². The minimum atomic E-state index is -1.46. The van der Waals surface area contributed by atoms with Crippen molar-refractivity contribution in [3.8, 4) is 0 Å². The van der Waals surface area contributed by atoms with Crippen molar-refractivity contribution in [3.05, 3.63) is 39.7 Å². The van der Waals surface area contributed by atoms with Gasteiger partial charge in [-0.05, 0) is 39.7 Å². The third-order valence-corrected chi connectivity index (χ3v) is 5.99. The Morgan fingerprint density at radius 1 is 1.21 bits per heavy atom. The van der Waals surface area contributed by atoms with E-state index in [2.05, 4.69) is 0 Å². The van der Waals surface area contributed by atoms with Crippen LogP contribution in [0.2, 0.25) is 0 Å². The van der Waals surface area contributed by atoms with Crippen molar-refractivity contribution in [2.24, 2.45) is 0 Å². The van der Waals surface area contributed by atoms with E-state index in [1.54, 1.807) is 20.8 Å². The number of rotatable bonds is 4. The van der Waals surface area contributed by atoms with Crippen LogP contribution in [0.4, 0.5) is 19.3 Å². The first kappa shape index (κ1) is 23.9. The van der Waals surface area contributed by atoms with Crippen LogP contribution < -0.4 is 10.3 Å². The van der Waals surface area contributed by atoms with Crippen LogP contribution in [0.3, 0.4) is 0 Å². The number of pyridine rings is 1. The van der Waals surface area contributed by atoms with Gasteiger partial charge in [0.2, 0.25) is 5.43 Å². The lowest BCUT2D eigenvalue weighted by atomic mass is 10.1. The van der Waals surface area contributed by atoms with E-state index in [1.807, 2.05) is 0 Å². The van der Waals surface area contributed by atoms with Gasteiger partial charge in [0.05, 0.1) is 23.6 Å². The lowest BCUT2D eigenvalue weighted by Crippen LogP contribution is -2.57. The van der Waals surface area contributed by atoms with Gasteiger partial charge < -0.3 is 24.4 Å². The number of hydrogen-bond donors (Lipinski definition) is 2. The third kappa shape index (κ3) is 4.31. The molecule has 0 bridgehead atoms. The molecule has 2 N–H and O–H groups in total. The van der Waals surface area contributed by atoms with Crippen LogP contribution in [-0.2, 0) is 4.74 Å². The summed E-state index contributed by atoms with van der Waals surface area (Å²) in [5, 5.41) is 18.9. The molecular formula is C23H27F2N3O6. The number of nitrogens with zero attached hydrogens (tertiary/aromatic N) is 3. The fraction of sp³-hybridized carbons (Fsp3) is 0.522. The number of aliphatic hydroxyl groups excluding tert-OH is 1. The fourth-order valence-corrected chi connectivity index (χ4v) is 4.29. The fourth-order valence-electron chi connectivity index (χ4n) is 4.29. The Hall–Kier alpha value is -3.21. The summed E-state index contributed by atoms with van der Waals surface area (Å²) in [6.45, 7) is 4.76. The van der Waals surface area contributed by atoms with E-state index in [4.69, 9.17) is 4.74 Å². The number of amides is 1. The highest BCUT2D eigenvalue weighted by atomic mass is 19.1. The summed E-state index contributed by atoms with van der Waals surface area (Å²) < 4.78 is 37.8. The van der Waals surface area contributed by atoms with Gasteiger partial charge in [0.15, 0.2) is 5.82 Å². The maximum Gasteiger partial charge on any atom is 0.410 e. The van der Waals surface area contributed by atoms with Crippen molar-refractivity contribution in [1.29, 1.82) is 0 Å². The number of benzene rings is 1. The van der Waals surface area contributed by atoms with Crippen LogP contribution in [0, 0.1) is 11.6 Å². The molecule has 2 heterocycles. The minimum Gasteiger partial charge on any atom is -0.477 e. The van der Waals surface area contributed by atoms with Crippen LogP contribution in [0.25, 0.3) is 10.9 Å². The van der Waals surface area contributed by atoms with Crippen molar-refractivity contribution in [2.75, 3.05) is 31.1 Å². The molecule has 1 saturated carbocycles. The maximum atomic E-state index is 15.8. The molecule has 1 aromatic heterocycles. The standard InChI is InChI=1S/C23H27F2N3O6/c1-23(2,3)34-22(33)27-7-6-26(9-13(27)11-29)19-16(24)8-14-18(17(19)25)28(12-4-5-12)10-15(20(14)30)21(31)32/h8,10,12-13,29H,4-7,9,11H2,1-3H3,(H,31,32)/t13-/m1/s1. The van der Waals surface area contributed by atoms with Gasteiger partial charge in [-0.25, -0.2) is 18.4 Å². The number of carboxylic acid groups (broad SMARTS) is 1. The number of halogens is 2. The van der Waals surface area contributed by atoms with Crippen LogP contribution >= 0.6 is 0 Å². The lowest BCUT2D eigenvalue weighted by molar-refractivity contribution is 0.00697. The first-order valence-corrected chi connectivity index (χ1v) is 11.1. The van der Waals surface area contributed by atoms with Crippen LogP contribution in [-0.4, -0.2) is 69.6 Å². The highest BCUT2D eigenvalue weighted by molar-refractivity contribution is 5.94. The highest BCUT2D eigenvalue weighted by Gasteiger charge is 2.36. The maximum absolute atomic E-state index is 15.8. The van der Waals surface area contributed by atoms with E-state index in [0.29, 0.717) is 12.8 Å². The van der Waals surface area contributed by atoms with Crippen molar-refractivity contribution in [3.63, 3.8) is 0 Å². The molecule has 4 rings (SSSR count).